The van der Waals surface area contributed by atoms with Gasteiger partial charge in [-0.3, -0.25) is 19.6 Å². The van der Waals surface area contributed by atoms with Gasteiger partial charge < -0.3 is 15.0 Å². The van der Waals surface area contributed by atoms with Crippen molar-refractivity contribution in [3.8, 4) is 5.75 Å². The molecular weight excluding hydrogens is 503 g/mol. The van der Waals surface area contributed by atoms with Crippen molar-refractivity contribution in [1.82, 2.24) is 15.3 Å². The van der Waals surface area contributed by atoms with E-state index in [1.165, 1.54) is 25.5 Å². The van der Waals surface area contributed by atoms with E-state index in [9.17, 15) is 32.8 Å². The zero-order chi connectivity index (χ0) is 28.5. The number of ether oxygens (including phenoxy) is 1. The van der Waals surface area contributed by atoms with Crippen LogP contribution in [-0.2, 0) is 20.8 Å². The summed E-state index contributed by atoms with van der Waals surface area (Å²) in [6.07, 6.45) is -1.19. The molecule has 1 aliphatic rings. The summed E-state index contributed by atoms with van der Waals surface area (Å²) in [4.78, 5) is 40.2. The van der Waals surface area contributed by atoms with Crippen LogP contribution in [0, 0.1) is 17.3 Å². The molecule has 0 aromatic heterocycles. The number of carbonyl (C=O) groups excluding carboxylic acids is 3. The first kappa shape index (κ1) is 31.6. The highest BCUT2D eigenvalue weighted by molar-refractivity contribution is 5.89. The number of ketones is 1. The minimum Gasteiger partial charge on any atom is -0.406 e. The van der Waals surface area contributed by atoms with Crippen molar-refractivity contribution in [1.29, 1.82) is 0 Å². The molecule has 1 aromatic rings. The molecule has 2 rings (SSSR count). The Balaban J connectivity index is 2.13. The molecule has 38 heavy (non-hydrogen) atoms. The Morgan fingerprint density at radius 3 is 2.26 bits per heavy atom. The molecule has 8 nitrogen and oxygen atoms in total. The Labute approximate surface area is 222 Å². The van der Waals surface area contributed by atoms with Crippen molar-refractivity contribution in [2.45, 2.75) is 72.2 Å². The molecule has 0 bridgehead atoms. The Kier molecular flexibility index (Phi) is 11.6. The summed E-state index contributed by atoms with van der Waals surface area (Å²) in [7, 11) is 0. The van der Waals surface area contributed by atoms with E-state index in [1.54, 1.807) is 0 Å². The first-order valence-corrected chi connectivity index (χ1v) is 13.0. The molecule has 11 heteroatoms. The van der Waals surface area contributed by atoms with Crippen molar-refractivity contribution in [2.24, 2.45) is 17.3 Å². The molecule has 0 unspecified atom stereocenters. The van der Waals surface area contributed by atoms with Crippen LogP contribution in [0.15, 0.2) is 24.3 Å². The van der Waals surface area contributed by atoms with E-state index in [4.69, 9.17) is 0 Å². The fourth-order valence-electron chi connectivity index (χ4n) is 4.70. The summed E-state index contributed by atoms with van der Waals surface area (Å²) in [6, 6.07) is 4.14. The van der Waals surface area contributed by atoms with E-state index in [-0.39, 0.29) is 30.9 Å². The van der Waals surface area contributed by atoms with Crippen LogP contribution < -0.4 is 10.1 Å². The Morgan fingerprint density at radius 2 is 1.74 bits per heavy atom. The van der Waals surface area contributed by atoms with Crippen LogP contribution in [0.25, 0.3) is 0 Å². The molecule has 1 heterocycles. The van der Waals surface area contributed by atoms with Gasteiger partial charge in [0.15, 0.2) is 0 Å². The quantitative estimate of drug-likeness (QED) is 0.220. The molecule has 1 fully saturated rings. The predicted molar refractivity (Wildman–Crippen MR) is 135 cm³/mol. The fraction of sp³-hybridized carbons (Fsp3) is 0.667. The average Bonchev–Trinajstić information content (AvgIpc) is 2.84. The first-order valence-electron chi connectivity index (χ1n) is 13.0. The molecule has 2 amide bonds. The van der Waals surface area contributed by atoms with E-state index >= 15 is 0 Å². The molecule has 3 atom stereocenters. The molecule has 0 saturated carbocycles. The van der Waals surface area contributed by atoms with Gasteiger partial charge in [-0.1, -0.05) is 39.3 Å². The number of amides is 2. The lowest BCUT2D eigenvalue weighted by molar-refractivity contribution is -0.274. The fourth-order valence-corrected chi connectivity index (χ4v) is 4.70. The number of hydroxylamine groups is 2. The smallest absolute Gasteiger partial charge is 0.406 e. The maximum absolute atomic E-state index is 13.5. The van der Waals surface area contributed by atoms with E-state index in [0.717, 1.165) is 44.6 Å². The lowest BCUT2D eigenvalue weighted by atomic mass is 9.74. The van der Waals surface area contributed by atoms with Gasteiger partial charge in [0.2, 0.25) is 12.3 Å². The molecular formula is C27H40F3N3O5. The molecule has 0 aliphatic carbocycles. The van der Waals surface area contributed by atoms with Gasteiger partial charge in [-0.25, -0.2) is 5.06 Å². The third kappa shape index (κ3) is 10.2. The molecule has 1 saturated heterocycles. The minimum atomic E-state index is -4.83. The normalized spacial score (nSPS) is 17.3. The lowest BCUT2D eigenvalue weighted by Crippen LogP contribution is -2.45. The Bertz CT molecular complexity index is 912. The molecule has 0 spiro atoms. The third-order valence-corrected chi connectivity index (χ3v) is 7.08. The van der Waals surface area contributed by atoms with E-state index < -0.39 is 35.4 Å². The summed E-state index contributed by atoms with van der Waals surface area (Å²) in [5.74, 6) is -2.52. The van der Waals surface area contributed by atoms with Crippen LogP contribution in [0.2, 0.25) is 0 Å². The standard InChI is InChI=1S/C27H40F3N3O5/c1-19(33(37)18-34)22(16-20-8-10-21(11-9-20)38-27(28,29)30)24(35)17-23(26(2,3)4)25(36)31-12-15-32-13-6-5-7-14-32/h8-11,18-19,22-23,37H,5-7,12-17H2,1-4H3,(H,31,36)/t19-,22+,23+/m0/s1. The Hall–Kier alpha value is -2.66. The van der Waals surface area contributed by atoms with Crippen LogP contribution in [-0.4, -0.2) is 71.9 Å². The number of likely N-dealkylation sites (tertiary alicyclic amines) is 1. The number of Topliss-reactive ketones (excluding diaryl/α,β-unsaturated/α-hetero) is 1. The van der Waals surface area contributed by atoms with Gasteiger partial charge in [0.25, 0.3) is 0 Å². The second kappa shape index (κ2) is 13.9. The van der Waals surface area contributed by atoms with E-state index in [0.29, 0.717) is 17.2 Å². The third-order valence-electron chi connectivity index (χ3n) is 7.08. The van der Waals surface area contributed by atoms with Crippen LogP contribution in [0.3, 0.4) is 0 Å². The molecule has 1 aromatic carbocycles. The zero-order valence-corrected chi connectivity index (χ0v) is 22.6. The maximum atomic E-state index is 13.5. The zero-order valence-electron chi connectivity index (χ0n) is 22.6. The highest BCUT2D eigenvalue weighted by Crippen LogP contribution is 2.32. The first-order chi connectivity index (χ1) is 17.7. The number of hydrogen-bond donors (Lipinski definition) is 2. The van der Waals surface area contributed by atoms with E-state index in [1.807, 2.05) is 20.8 Å². The van der Waals surface area contributed by atoms with Crippen molar-refractivity contribution >= 4 is 18.1 Å². The van der Waals surface area contributed by atoms with Crippen LogP contribution >= 0.6 is 0 Å². The predicted octanol–water partition coefficient (Wildman–Crippen LogP) is 4.20. The minimum absolute atomic E-state index is 0.0463. The number of benzene rings is 1. The number of rotatable bonds is 13. The molecule has 1 aliphatic heterocycles. The summed E-state index contributed by atoms with van der Waals surface area (Å²) in [5, 5.41) is 13.4. The number of nitrogens with zero attached hydrogens (tertiary/aromatic N) is 2. The van der Waals surface area contributed by atoms with Crippen molar-refractivity contribution < 1.29 is 37.5 Å². The number of alkyl halides is 3. The van der Waals surface area contributed by atoms with Gasteiger partial charge in [0.05, 0.1) is 6.04 Å². The van der Waals surface area contributed by atoms with Crippen molar-refractivity contribution in [3.63, 3.8) is 0 Å². The van der Waals surface area contributed by atoms with Gasteiger partial charge in [-0.15, -0.1) is 13.2 Å². The summed E-state index contributed by atoms with van der Waals surface area (Å²) in [5.41, 5.74) is -0.0268. The largest absolute Gasteiger partial charge is 0.573 e. The van der Waals surface area contributed by atoms with Crippen molar-refractivity contribution in [2.75, 3.05) is 26.2 Å². The molecule has 2 N–H and O–H groups in total. The van der Waals surface area contributed by atoms with Gasteiger partial charge in [-0.2, -0.15) is 0 Å². The van der Waals surface area contributed by atoms with E-state index in [2.05, 4.69) is 15.0 Å². The molecule has 214 valence electrons. The highest BCUT2D eigenvalue weighted by atomic mass is 19.4. The number of carbonyl (C=O) groups is 3. The topological polar surface area (TPSA) is 99.2 Å². The number of nitrogens with one attached hydrogen (secondary N) is 1. The molecule has 0 radical (unpaired) electrons. The van der Waals surface area contributed by atoms with Gasteiger partial charge in [-0.05, 0) is 62.4 Å². The van der Waals surface area contributed by atoms with Gasteiger partial charge in [0, 0.05) is 31.3 Å². The summed E-state index contributed by atoms with van der Waals surface area (Å²) >= 11 is 0. The highest BCUT2D eigenvalue weighted by Gasteiger charge is 2.37. The van der Waals surface area contributed by atoms with Crippen LogP contribution in [0.5, 0.6) is 5.75 Å². The number of hydrogen-bond acceptors (Lipinski definition) is 6. The SMILES string of the molecule is C[C@@H]([C@@H](Cc1ccc(OC(F)(F)F)cc1)C(=O)C[C@H](C(=O)NCCN1CCCCC1)C(C)(C)C)N(O)C=O. The maximum Gasteiger partial charge on any atom is 0.573 e. The summed E-state index contributed by atoms with van der Waals surface area (Å²) in [6.45, 7) is 10.3. The number of piperidine rings is 1. The monoisotopic (exact) mass is 543 g/mol. The van der Waals surface area contributed by atoms with Crippen molar-refractivity contribution in [3.05, 3.63) is 29.8 Å². The van der Waals surface area contributed by atoms with Crippen LogP contribution in [0.4, 0.5) is 13.2 Å². The van der Waals surface area contributed by atoms with Gasteiger partial charge >= 0.3 is 6.36 Å². The lowest BCUT2D eigenvalue weighted by Gasteiger charge is -2.33. The average molecular weight is 544 g/mol. The van der Waals surface area contributed by atoms with Gasteiger partial charge in [0.1, 0.15) is 11.5 Å². The second-order valence-electron chi connectivity index (χ2n) is 11.0. The summed E-state index contributed by atoms with van der Waals surface area (Å²) < 4.78 is 41.3. The number of halogens is 3. The van der Waals surface area contributed by atoms with Crippen LogP contribution in [0.1, 0.15) is 58.9 Å². The second-order valence-corrected chi connectivity index (χ2v) is 11.0. The Morgan fingerprint density at radius 1 is 1.13 bits per heavy atom.